The summed E-state index contributed by atoms with van der Waals surface area (Å²) in [5, 5.41) is 2.92. The first kappa shape index (κ1) is 20.4. The van der Waals surface area contributed by atoms with Crippen LogP contribution in [0.4, 0.5) is 0 Å². The van der Waals surface area contributed by atoms with Gasteiger partial charge in [0.05, 0.1) is 5.75 Å². The summed E-state index contributed by atoms with van der Waals surface area (Å²) in [5.41, 5.74) is 0.299. The second kappa shape index (κ2) is 9.62. The number of carbonyl (C=O) groups excluding carboxylic acids is 1. The molecule has 0 spiro atoms. The summed E-state index contributed by atoms with van der Waals surface area (Å²) in [6, 6.07) is 0. The highest BCUT2D eigenvalue weighted by atomic mass is 32.2. The number of nitrogens with one attached hydrogen (secondary N) is 1. The molecule has 0 aromatic heterocycles. The van der Waals surface area contributed by atoms with Crippen molar-refractivity contribution in [2.45, 2.75) is 72.1 Å². The van der Waals surface area contributed by atoms with Crippen LogP contribution in [0.25, 0.3) is 0 Å². The lowest BCUT2D eigenvalue weighted by Crippen LogP contribution is -2.37. The van der Waals surface area contributed by atoms with Crippen LogP contribution in [0.1, 0.15) is 72.1 Å². The number of hydrogen-bond donors (Lipinski definition) is 1. The molecule has 1 fully saturated rings. The summed E-state index contributed by atoms with van der Waals surface area (Å²) >= 11 is 0. The average Bonchev–Trinajstić information content (AvgIpc) is 2.48. The molecule has 136 valence electrons. The van der Waals surface area contributed by atoms with Crippen LogP contribution in [0, 0.1) is 5.41 Å². The molecular weight excluding hydrogens is 312 g/mol. The third-order valence-corrected chi connectivity index (χ3v) is 6.15. The average molecular weight is 347 g/mol. The minimum Gasteiger partial charge on any atom is -0.356 e. The number of piperidine rings is 1. The first-order valence-corrected chi connectivity index (χ1v) is 10.6. The SMILES string of the molecule is CC(C)(C)CCCNC(=O)CCCCS(=O)(=O)N1CCCCC1. The molecule has 1 aliphatic rings. The molecule has 0 unspecified atom stereocenters. The summed E-state index contributed by atoms with van der Waals surface area (Å²) in [5.74, 6) is 0.207. The summed E-state index contributed by atoms with van der Waals surface area (Å²) in [7, 11) is -3.12. The summed E-state index contributed by atoms with van der Waals surface area (Å²) < 4.78 is 25.9. The van der Waals surface area contributed by atoms with E-state index in [0.29, 0.717) is 44.3 Å². The lowest BCUT2D eigenvalue weighted by molar-refractivity contribution is -0.121. The Bertz CT molecular complexity index is 449. The molecule has 5 nitrogen and oxygen atoms in total. The van der Waals surface area contributed by atoms with Gasteiger partial charge in [-0.1, -0.05) is 27.2 Å². The number of rotatable bonds is 9. The standard InChI is InChI=1S/C17H34N2O3S/c1-17(2,3)11-9-12-18-16(20)10-5-8-15-23(21,22)19-13-6-4-7-14-19/h4-15H2,1-3H3,(H,18,20). The van der Waals surface area contributed by atoms with E-state index >= 15 is 0 Å². The first-order valence-electron chi connectivity index (χ1n) is 8.95. The van der Waals surface area contributed by atoms with Gasteiger partial charge in [-0.15, -0.1) is 0 Å². The Kier molecular flexibility index (Phi) is 8.54. The monoisotopic (exact) mass is 346 g/mol. The maximum atomic E-state index is 12.2. The Labute approximate surface area is 142 Å². The predicted octanol–water partition coefficient (Wildman–Crippen LogP) is 2.91. The van der Waals surface area contributed by atoms with Crippen molar-refractivity contribution in [3.05, 3.63) is 0 Å². The van der Waals surface area contributed by atoms with Crippen molar-refractivity contribution >= 4 is 15.9 Å². The summed E-state index contributed by atoms with van der Waals surface area (Å²) in [6.45, 7) is 8.61. The molecule has 1 amide bonds. The van der Waals surface area contributed by atoms with E-state index in [2.05, 4.69) is 26.1 Å². The van der Waals surface area contributed by atoms with Crippen LogP contribution in [0.3, 0.4) is 0 Å². The Morgan fingerprint density at radius 2 is 1.70 bits per heavy atom. The smallest absolute Gasteiger partial charge is 0.219 e. The lowest BCUT2D eigenvalue weighted by Gasteiger charge is -2.25. The molecule has 0 bridgehead atoms. The van der Waals surface area contributed by atoms with Crippen LogP contribution in [0.2, 0.25) is 0 Å². The zero-order valence-electron chi connectivity index (χ0n) is 15.1. The zero-order valence-corrected chi connectivity index (χ0v) is 15.9. The van der Waals surface area contributed by atoms with E-state index in [4.69, 9.17) is 0 Å². The van der Waals surface area contributed by atoms with Gasteiger partial charge in [0.25, 0.3) is 0 Å². The molecule has 1 saturated heterocycles. The molecule has 0 radical (unpaired) electrons. The number of nitrogens with zero attached hydrogens (tertiary/aromatic N) is 1. The summed E-state index contributed by atoms with van der Waals surface area (Å²) in [6.07, 6.45) is 6.76. The van der Waals surface area contributed by atoms with Gasteiger partial charge in [-0.3, -0.25) is 4.79 Å². The van der Waals surface area contributed by atoms with Crippen LogP contribution < -0.4 is 5.32 Å². The van der Waals surface area contributed by atoms with Crippen molar-refractivity contribution in [2.24, 2.45) is 5.41 Å². The van der Waals surface area contributed by atoms with E-state index in [1.165, 1.54) is 0 Å². The van der Waals surface area contributed by atoms with Crippen molar-refractivity contribution in [3.63, 3.8) is 0 Å². The van der Waals surface area contributed by atoms with Crippen LogP contribution in [-0.2, 0) is 14.8 Å². The highest BCUT2D eigenvalue weighted by Crippen LogP contribution is 2.19. The van der Waals surface area contributed by atoms with Crippen molar-refractivity contribution < 1.29 is 13.2 Å². The molecule has 1 aliphatic heterocycles. The van der Waals surface area contributed by atoms with Gasteiger partial charge < -0.3 is 5.32 Å². The Hall–Kier alpha value is -0.620. The van der Waals surface area contributed by atoms with E-state index < -0.39 is 10.0 Å². The molecule has 1 rings (SSSR count). The number of amides is 1. The molecule has 0 aliphatic carbocycles. The number of hydrogen-bond acceptors (Lipinski definition) is 3. The van der Waals surface area contributed by atoms with Crippen molar-refractivity contribution in [3.8, 4) is 0 Å². The van der Waals surface area contributed by atoms with Gasteiger partial charge in [-0.25, -0.2) is 12.7 Å². The zero-order chi connectivity index (χ0) is 17.3. The molecule has 6 heteroatoms. The lowest BCUT2D eigenvalue weighted by atomic mass is 9.91. The van der Waals surface area contributed by atoms with Crippen LogP contribution in [0.15, 0.2) is 0 Å². The number of sulfonamides is 1. The number of unbranched alkanes of at least 4 members (excludes halogenated alkanes) is 1. The van der Waals surface area contributed by atoms with Gasteiger partial charge >= 0.3 is 0 Å². The molecule has 0 aromatic rings. The van der Waals surface area contributed by atoms with Crippen LogP contribution in [-0.4, -0.2) is 44.0 Å². The highest BCUT2D eigenvalue weighted by molar-refractivity contribution is 7.89. The fourth-order valence-electron chi connectivity index (χ4n) is 2.78. The second-order valence-corrected chi connectivity index (χ2v) is 9.84. The van der Waals surface area contributed by atoms with Gasteiger partial charge in [0.15, 0.2) is 0 Å². The molecule has 1 heterocycles. The minimum atomic E-state index is -3.12. The van der Waals surface area contributed by atoms with Crippen molar-refractivity contribution in [2.75, 3.05) is 25.4 Å². The molecule has 0 saturated carbocycles. The summed E-state index contributed by atoms with van der Waals surface area (Å²) in [4.78, 5) is 11.7. The molecule has 23 heavy (non-hydrogen) atoms. The van der Waals surface area contributed by atoms with Gasteiger partial charge in [-0.2, -0.15) is 0 Å². The second-order valence-electron chi connectivity index (χ2n) is 7.75. The van der Waals surface area contributed by atoms with Crippen molar-refractivity contribution in [1.29, 1.82) is 0 Å². The predicted molar refractivity (Wildman–Crippen MR) is 94.8 cm³/mol. The normalized spacial score (nSPS) is 17.2. The molecule has 0 aromatic carbocycles. The quantitative estimate of drug-likeness (QED) is 0.653. The van der Waals surface area contributed by atoms with Gasteiger partial charge in [0.2, 0.25) is 15.9 Å². The largest absolute Gasteiger partial charge is 0.356 e. The molecule has 0 atom stereocenters. The fraction of sp³-hybridized carbons (Fsp3) is 0.941. The molecular formula is C17H34N2O3S. The van der Waals surface area contributed by atoms with Crippen LogP contribution in [0.5, 0.6) is 0 Å². The van der Waals surface area contributed by atoms with E-state index in [1.807, 2.05) is 0 Å². The van der Waals surface area contributed by atoms with Crippen LogP contribution >= 0.6 is 0 Å². The van der Waals surface area contributed by atoms with E-state index in [-0.39, 0.29) is 11.7 Å². The first-order chi connectivity index (χ1) is 10.7. The Morgan fingerprint density at radius 1 is 1.04 bits per heavy atom. The van der Waals surface area contributed by atoms with E-state index in [9.17, 15) is 13.2 Å². The number of carbonyl (C=O) groups is 1. The third-order valence-electron chi connectivity index (χ3n) is 4.19. The maximum absolute atomic E-state index is 12.2. The molecule has 1 N–H and O–H groups in total. The highest BCUT2D eigenvalue weighted by Gasteiger charge is 2.23. The fourth-order valence-corrected chi connectivity index (χ4v) is 4.42. The van der Waals surface area contributed by atoms with Gasteiger partial charge in [0.1, 0.15) is 0 Å². The van der Waals surface area contributed by atoms with E-state index in [1.54, 1.807) is 4.31 Å². The van der Waals surface area contributed by atoms with Crippen molar-refractivity contribution in [1.82, 2.24) is 9.62 Å². The third kappa shape index (κ3) is 9.30. The Balaban J connectivity index is 2.10. The van der Waals surface area contributed by atoms with E-state index in [0.717, 1.165) is 32.1 Å². The van der Waals surface area contributed by atoms with Gasteiger partial charge in [-0.05, 0) is 43.9 Å². The minimum absolute atomic E-state index is 0.0364. The van der Waals surface area contributed by atoms with Gasteiger partial charge in [0, 0.05) is 26.1 Å². The maximum Gasteiger partial charge on any atom is 0.219 e. The Morgan fingerprint density at radius 3 is 2.30 bits per heavy atom. The topological polar surface area (TPSA) is 66.5 Å².